The van der Waals surface area contributed by atoms with E-state index < -0.39 is 11.7 Å². The molecule has 38 heavy (non-hydrogen) atoms. The molecule has 0 spiro atoms. The van der Waals surface area contributed by atoms with Gasteiger partial charge in [0.2, 0.25) is 5.91 Å². The second-order valence-corrected chi connectivity index (χ2v) is 11.4. The second kappa shape index (κ2) is 13.6. The molecule has 2 amide bonds. The monoisotopic (exact) mass is 522 g/mol. The zero-order valence-corrected chi connectivity index (χ0v) is 23.2. The van der Waals surface area contributed by atoms with Crippen LogP contribution in [-0.4, -0.2) is 53.1 Å². The number of ether oxygens (including phenoxy) is 1. The first-order valence-corrected chi connectivity index (χ1v) is 13.6. The Hall–Kier alpha value is -3.19. The molecule has 0 atom stereocenters. The number of rotatable bonds is 10. The molecule has 2 aromatic rings. The van der Waals surface area contributed by atoms with Gasteiger partial charge in [-0.25, -0.2) is 4.79 Å². The van der Waals surface area contributed by atoms with E-state index in [1.807, 2.05) is 48.5 Å². The molecule has 3 rings (SSSR count). The number of aliphatic hydroxyl groups excluding tert-OH is 1. The van der Waals surface area contributed by atoms with Crippen LogP contribution in [0.3, 0.4) is 0 Å². The molecule has 0 heterocycles. The molecule has 0 aliphatic heterocycles. The van der Waals surface area contributed by atoms with Crippen molar-refractivity contribution in [2.75, 3.05) is 13.6 Å². The number of hydrogen-bond acceptors (Lipinski definition) is 5. The number of Topliss-reactive ketones (excluding diaryl/α,β-unsaturated/α-hetero) is 1. The summed E-state index contributed by atoms with van der Waals surface area (Å²) in [5, 5.41) is 12.1. The minimum absolute atomic E-state index is 0.135. The summed E-state index contributed by atoms with van der Waals surface area (Å²) in [5.41, 5.74) is 3.09. The van der Waals surface area contributed by atoms with E-state index in [2.05, 4.69) is 5.32 Å². The quantitative estimate of drug-likeness (QED) is 0.388. The average Bonchev–Trinajstić information content (AvgIpc) is 2.87. The van der Waals surface area contributed by atoms with Crippen LogP contribution in [0.5, 0.6) is 0 Å². The maximum absolute atomic E-state index is 12.7. The molecule has 7 heteroatoms. The van der Waals surface area contributed by atoms with E-state index in [1.165, 1.54) is 0 Å². The summed E-state index contributed by atoms with van der Waals surface area (Å²) in [5.74, 6) is 0.586. The highest BCUT2D eigenvalue weighted by atomic mass is 16.6. The molecule has 7 nitrogen and oxygen atoms in total. The van der Waals surface area contributed by atoms with Crippen LogP contribution in [0.1, 0.15) is 81.6 Å². The number of amides is 2. The van der Waals surface area contributed by atoms with Gasteiger partial charge in [0, 0.05) is 25.6 Å². The lowest BCUT2D eigenvalue weighted by Gasteiger charge is -2.25. The molecule has 0 aromatic heterocycles. The third-order valence-electron chi connectivity index (χ3n) is 6.93. The molecule has 0 bridgehead atoms. The number of nitrogens with zero attached hydrogens (tertiary/aromatic N) is 1. The number of alkyl carbamates (subject to hydrolysis) is 1. The minimum Gasteiger partial charge on any atom is -0.444 e. The summed E-state index contributed by atoms with van der Waals surface area (Å²) < 4.78 is 5.17. The van der Waals surface area contributed by atoms with Crippen LogP contribution >= 0.6 is 0 Å². The lowest BCUT2D eigenvalue weighted by atomic mass is 9.84. The predicted octanol–water partition coefficient (Wildman–Crippen LogP) is 5.74. The maximum atomic E-state index is 12.7. The number of benzene rings is 2. The summed E-state index contributed by atoms with van der Waals surface area (Å²) in [6.07, 6.45) is 5.65. The molecule has 206 valence electrons. The van der Waals surface area contributed by atoms with Crippen molar-refractivity contribution in [1.82, 2.24) is 10.2 Å². The first-order valence-electron chi connectivity index (χ1n) is 13.6. The van der Waals surface area contributed by atoms with Gasteiger partial charge in [-0.15, -0.1) is 0 Å². The van der Waals surface area contributed by atoms with Gasteiger partial charge in [0.15, 0.2) is 5.78 Å². The molecule has 0 saturated heterocycles. The largest absolute Gasteiger partial charge is 0.444 e. The smallest absolute Gasteiger partial charge is 0.408 e. The lowest BCUT2D eigenvalue weighted by Crippen LogP contribution is -2.40. The Morgan fingerprint density at radius 1 is 1.00 bits per heavy atom. The van der Waals surface area contributed by atoms with Crippen molar-refractivity contribution in [3.63, 3.8) is 0 Å². The van der Waals surface area contributed by atoms with Gasteiger partial charge in [-0.1, -0.05) is 48.9 Å². The summed E-state index contributed by atoms with van der Waals surface area (Å²) in [4.78, 5) is 38.5. The average molecular weight is 523 g/mol. The molecule has 0 radical (unpaired) electrons. The fraction of sp³-hybridized carbons (Fsp3) is 0.516. The Labute approximate surface area is 226 Å². The van der Waals surface area contributed by atoms with Crippen LogP contribution in [0, 0.1) is 5.92 Å². The van der Waals surface area contributed by atoms with E-state index in [0.717, 1.165) is 60.8 Å². The highest BCUT2D eigenvalue weighted by Gasteiger charge is 2.20. The standard InChI is InChI=1S/C31H42N2O5/c1-31(2,3)38-30(37)32-20-29(36)33(4)21-23-8-5-9-26(19-23)24-13-15-25(16-14-24)28(35)10-6-7-22-11-17-27(34)18-12-22/h5,8-9,13-16,19,22,27,34H,6-7,10-12,17-18,20-21H2,1-4H3,(H,32,37)/t22-,27-. The van der Waals surface area contributed by atoms with Crippen molar-refractivity contribution in [2.45, 2.75) is 84.0 Å². The Bertz CT molecular complexity index is 1080. The van der Waals surface area contributed by atoms with Gasteiger partial charge in [-0.2, -0.15) is 0 Å². The van der Waals surface area contributed by atoms with E-state index in [-0.39, 0.29) is 24.3 Å². The van der Waals surface area contributed by atoms with Crippen molar-refractivity contribution in [1.29, 1.82) is 0 Å². The number of carbonyl (C=O) groups excluding carboxylic acids is 3. The normalized spacial score (nSPS) is 17.5. The molecule has 1 fully saturated rings. The van der Waals surface area contributed by atoms with Gasteiger partial charge in [0.05, 0.1) is 6.10 Å². The van der Waals surface area contributed by atoms with Crippen LogP contribution < -0.4 is 5.32 Å². The van der Waals surface area contributed by atoms with Gasteiger partial charge >= 0.3 is 6.09 Å². The van der Waals surface area contributed by atoms with Gasteiger partial charge in [-0.3, -0.25) is 9.59 Å². The van der Waals surface area contributed by atoms with Crippen molar-refractivity contribution in [3.05, 3.63) is 59.7 Å². The zero-order chi connectivity index (χ0) is 27.7. The van der Waals surface area contributed by atoms with Crippen molar-refractivity contribution in [2.24, 2.45) is 5.92 Å². The van der Waals surface area contributed by atoms with E-state index in [9.17, 15) is 19.5 Å². The van der Waals surface area contributed by atoms with Gasteiger partial charge < -0.3 is 20.1 Å². The van der Waals surface area contributed by atoms with Gasteiger partial charge in [0.1, 0.15) is 12.1 Å². The Morgan fingerprint density at radius 2 is 1.68 bits per heavy atom. The van der Waals surface area contributed by atoms with Crippen molar-refractivity contribution in [3.8, 4) is 11.1 Å². The Morgan fingerprint density at radius 3 is 2.34 bits per heavy atom. The topological polar surface area (TPSA) is 95.9 Å². The summed E-state index contributed by atoms with van der Waals surface area (Å²) in [6.45, 7) is 5.58. The number of hydrogen-bond donors (Lipinski definition) is 2. The third kappa shape index (κ3) is 9.60. The molecular weight excluding hydrogens is 480 g/mol. The number of carbonyl (C=O) groups is 3. The number of aliphatic hydroxyl groups is 1. The fourth-order valence-electron chi connectivity index (χ4n) is 4.79. The second-order valence-electron chi connectivity index (χ2n) is 11.4. The fourth-order valence-corrected chi connectivity index (χ4v) is 4.79. The molecule has 1 aliphatic carbocycles. The van der Waals surface area contributed by atoms with Crippen LogP contribution in [0.15, 0.2) is 48.5 Å². The van der Waals surface area contributed by atoms with Crippen molar-refractivity contribution < 1.29 is 24.2 Å². The van der Waals surface area contributed by atoms with E-state index >= 15 is 0 Å². The van der Waals surface area contributed by atoms with E-state index in [0.29, 0.717) is 18.9 Å². The van der Waals surface area contributed by atoms with E-state index in [4.69, 9.17) is 4.74 Å². The predicted molar refractivity (Wildman–Crippen MR) is 149 cm³/mol. The molecule has 0 unspecified atom stereocenters. The highest BCUT2D eigenvalue weighted by Crippen LogP contribution is 2.28. The van der Waals surface area contributed by atoms with Crippen LogP contribution in [0.4, 0.5) is 4.79 Å². The first-order chi connectivity index (χ1) is 18.0. The highest BCUT2D eigenvalue weighted by molar-refractivity contribution is 5.96. The van der Waals surface area contributed by atoms with Crippen LogP contribution in [-0.2, 0) is 16.1 Å². The maximum Gasteiger partial charge on any atom is 0.408 e. The minimum atomic E-state index is -0.620. The van der Waals surface area contributed by atoms with E-state index in [1.54, 1.807) is 32.7 Å². The Kier molecular flexibility index (Phi) is 10.5. The summed E-state index contributed by atoms with van der Waals surface area (Å²) in [6, 6.07) is 15.7. The summed E-state index contributed by atoms with van der Waals surface area (Å²) in [7, 11) is 1.70. The number of ketones is 1. The number of likely N-dealkylation sites (N-methyl/N-ethyl adjacent to an activating group) is 1. The Balaban J connectivity index is 1.49. The lowest BCUT2D eigenvalue weighted by molar-refractivity contribution is -0.129. The number of nitrogens with one attached hydrogen (secondary N) is 1. The van der Waals surface area contributed by atoms with Crippen molar-refractivity contribution >= 4 is 17.8 Å². The molecule has 1 saturated carbocycles. The molecule has 1 aliphatic rings. The molecular formula is C31H42N2O5. The zero-order valence-electron chi connectivity index (χ0n) is 23.2. The SMILES string of the molecule is CN(Cc1cccc(-c2ccc(C(=O)CCC[C@H]3CC[C@H](O)CC3)cc2)c1)C(=O)CNC(=O)OC(C)(C)C. The summed E-state index contributed by atoms with van der Waals surface area (Å²) >= 11 is 0. The molecule has 2 aromatic carbocycles. The van der Waals surface area contributed by atoms with Crippen LogP contribution in [0.25, 0.3) is 11.1 Å². The van der Waals surface area contributed by atoms with Gasteiger partial charge in [-0.05, 0) is 81.5 Å². The van der Waals surface area contributed by atoms with Gasteiger partial charge in [0.25, 0.3) is 0 Å². The third-order valence-corrected chi connectivity index (χ3v) is 6.93. The molecule has 2 N–H and O–H groups in total. The van der Waals surface area contributed by atoms with Crippen LogP contribution in [0.2, 0.25) is 0 Å². The first kappa shape index (κ1) is 29.4.